The molecule has 1 aromatic heterocycles. The summed E-state index contributed by atoms with van der Waals surface area (Å²) >= 11 is 0. The number of aromatic nitrogens is 4. The summed E-state index contributed by atoms with van der Waals surface area (Å²) in [6.45, 7) is 0. The molecular formula is C18H14N4O4. The number of carbonyl (C=O) groups is 1. The standard InChI is InChI=1S/C18H14N4O4/c1-25-12-4-3-10-5-11(7-19-15(10)6-12)22-8-13-16(20-21-17(13)23)14(9-22)18(24)26-2/h3-9H,1-2H3,(H,21,23). The van der Waals surface area contributed by atoms with Gasteiger partial charge in [-0.15, -0.1) is 0 Å². The van der Waals surface area contributed by atoms with Crippen LogP contribution in [-0.2, 0) is 4.74 Å². The zero-order chi connectivity index (χ0) is 18.3. The van der Waals surface area contributed by atoms with Gasteiger partial charge in [0.2, 0.25) is 0 Å². The molecule has 2 aliphatic heterocycles. The minimum Gasteiger partial charge on any atom is -0.497 e. The number of fused-ring (bicyclic) bond motifs is 2. The largest absolute Gasteiger partial charge is 0.497 e. The van der Waals surface area contributed by atoms with Gasteiger partial charge in [0.15, 0.2) is 0 Å². The molecule has 0 aliphatic carbocycles. The summed E-state index contributed by atoms with van der Waals surface area (Å²) in [5.74, 6) is 0.142. The summed E-state index contributed by atoms with van der Waals surface area (Å²) in [5, 5.41) is 7.16. The van der Waals surface area contributed by atoms with E-state index in [4.69, 9.17) is 9.47 Å². The zero-order valence-corrected chi connectivity index (χ0v) is 14.0. The van der Waals surface area contributed by atoms with Crippen molar-refractivity contribution in [3.63, 3.8) is 0 Å². The van der Waals surface area contributed by atoms with Crippen molar-refractivity contribution in [2.24, 2.45) is 0 Å². The maximum absolute atomic E-state index is 12.1. The van der Waals surface area contributed by atoms with E-state index < -0.39 is 5.97 Å². The number of ether oxygens (including phenoxy) is 2. The molecule has 1 aromatic carbocycles. The van der Waals surface area contributed by atoms with Crippen LogP contribution in [0.2, 0.25) is 0 Å². The number of rotatable bonds is 3. The first kappa shape index (κ1) is 15.8. The second kappa shape index (κ2) is 5.99. The van der Waals surface area contributed by atoms with Crippen molar-refractivity contribution in [2.45, 2.75) is 0 Å². The van der Waals surface area contributed by atoms with E-state index in [0.717, 1.165) is 10.9 Å². The van der Waals surface area contributed by atoms with Crippen LogP contribution in [-0.4, -0.2) is 39.9 Å². The Balaban J connectivity index is 1.92. The number of pyridine rings is 2. The molecule has 0 fully saturated rings. The molecule has 0 bridgehead atoms. The maximum Gasteiger partial charge on any atom is 0.341 e. The Bertz CT molecular complexity index is 1160. The van der Waals surface area contributed by atoms with Crippen LogP contribution in [0.1, 0.15) is 10.4 Å². The molecule has 0 unspecified atom stereocenters. The van der Waals surface area contributed by atoms with E-state index in [1.165, 1.54) is 7.11 Å². The normalized spacial score (nSPS) is 11.0. The Labute approximate surface area is 147 Å². The summed E-state index contributed by atoms with van der Waals surface area (Å²) in [6, 6.07) is 7.47. The molecule has 0 amide bonds. The van der Waals surface area contributed by atoms with Crippen LogP contribution < -0.4 is 10.3 Å². The lowest BCUT2D eigenvalue weighted by Gasteiger charge is -2.12. The van der Waals surface area contributed by atoms with Crippen LogP contribution in [0.3, 0.4) is 0 Å². The highest BCUT2D eigenvalue weighted by Gasteiger charge is 2.22. The summed E-state index contributed by atoms with van der Waals surface area (Å²) in [4.78, 5) is 28.5. The third-order valence-electron chi connectivity index (χ3n) is 4.14. The van der Waals surface area contributed by atoms with Crippen molar-refractivity contribution < 1.29 is 14.3 Å². The Hall–Kier alpha value is -3.68. The van der Waals surface area contributed by atoms with Crippen molar-refractivity contribution in [1.82, 2.24) is 19.7 Å². The summed E-state index contributed by atoms with van der Waals surface area (Å²) in [5.41, 5.74) is 1.85. The van der Waals surface area contributed by atoms with Crippen LogP contribution in [0, 0.1) is 0 Å². The predicted octanol–water partition coefficient (Wildman–Crippen LogP) is 2.01. The van der Waals surface area contributed by atoms with E-state index in [9.17, 15) is 9.59 Å². The lowest BCUT2D eigenvalue weighted by molar-refractivity contribution is 0.0600. The number of hydrogen-bond donors (Lipinski definition) is 1. The van der Waals surface area contributed by atoms with Gasteiger partial charge in [-0.3, -0.25) is 9.78 Å². The number of hydrogen-bond acceptors (Lipinski definition) is 6. The van der Waals surface area contributed by atoms with Gasteiger partial charge in [-0.25, -0.2) is 9.89 Å². The molecule has 4 rings (SSSR count). The van der Waals surface area contributed by atoms with Gasteiger partial charge in [0, 0.05) is 23.8 Å². The number of benzene rings is 1. The van der Waals surface area contributed by atoms with Crippen molar-refractivity contribution in [1.29, 1.82) is 0 Å². The summed E-state index contributed by atoms with van der Waals surface area (Å²) in [6.07, 6.45) is 4.83. The highest BCUT2D eigenvalue weighted by molar-refractivity contribution is 5.96. The second-order valence-corrected chi connectivity index (χ2v) is 5.64. The number of nitrogens with zero attached hydrogens (tertiary/aromatic N) is 3. The number of nitrogens with one attached hydrogen (secondary N) is 1. The molecule has 2 aromatic rings. The monoisotopic (exact) mass is 350 g/mol. The Morgan fingerprint density at radius 2 is 2.04 bits per heavy atom. The lowest BCUT2D eigenvalue weighted by Crippen LogP contribution is -2.11. The van der Waals surface area contributed by atoms with Crippen LogP contribution in [0.15, 0.2) is 47.7 Å². The van der Waals surface area contributed by atoms with E-state index in [0.29, 0.717) is 17.0 Å². The van der Waals surface area contributed by atoms with Crippen LogP contribution in [0.4, 0.5) is 0 Å². The molecule has 26 heavy (non-hydrogen) atoms. The zero-order valence-electron chi connectivity index (χ0n) is 14.0. The second-order valence-electron chi connectivity index (χ2n) is 5.64. The maximum atomic E-state index is 12.1. The molecule has 0 saturated heterocycles. The van der Waals surface area contributed by atoms with Crippen LogP contribution >= 0.6 is 0 Å². The SMILES string of the molecule is COC(=O)c1cn(-c2cnc3cc(OC)ccc3c2)cc2c(=O)[nH]nc1-2. The molecule has 0 atom stereocenters. The molecule has 0 spiro atoms. The van der Waals surface area contributed by atoms with Crippen molar-refractivity contribution in [3.05, 3.63) is 58.8 Å². The number of esters is 1. The van der Waals surface area contributed by atoms with Crippen molar-refractivity contribution in [3.8, 4) is 22.7 Å². The molecule has 0 saturated carbocycles. The van der Waals surface area contributed by atoms with Crippen LogP contribution in [0.5, 0.6) is 5.75 Å². The van der Waals surface area contributed by atoms with Gasteiger partial charge >= 0.3 is 5.97 Å². The van der Waals surface area contributed by atoms with E-state index in [1.807, 2.05) is 24.3 Å². The van der Waals surface area contributed by atoms with Gasteiger partial charge < -0.3 is 14.0 Å². The van der Waals surface area contributed by atoms with Gasteiger partial charge in [-0.05, 0) is 18.2 Å². The minimum absolute atomic E-state index is 0.193. The first-order valence-electron chi connectivity index (χ1n) is 7.73. The van der Waals surface area contributed by atoms with Crippen molar-refractivity contribution >= 4 is 16.9 Å². The third kappa shape index (κ3) is 2.48. The number of H-pyrrole nitrogens is 1. The van der Waals surface area contributed by atoms with Gasteiger partial charge in [-0.1, -0.05) is 0 Å². The molecule has 1 N–H and O–H groups in total. The highest BCUT2D eigenvalue weighted by Crippen LogP contribution is 2.25. The number of methoxy groups -OCH3 is 2. The molecule has 3 heterocycles. The average molecular weight is 350 g/mol. The summed E-state index contributed by atoms with van der Waals surface area (Å²) < 4.78 is 11.7. The van der Waals surface area contributed by atoms with E-state index in [-0.39, 0.29) is 16.8 Å². The molecule has 0 radical (unpaired) electrons. The van der Waals surface area contributed by atoms with E-state index in [2.05, 4.69) is 15.2 Å². The fourth-order valence-electron chi connectivity index (χ4n) is 2.80. The first-order chi connectivity index (χ1) is 12.6. The van der Waals surface area contributed by atoms with E-state index in [1.54, 1.807) is 30.3 Å². The first-order valence-corrected chi connectivity index (χ1v) is 7.73. The highest BCUT2D eigenvalue weighted by atomic mass is 16.5. The van der Waals surface area contributed by atoms with Gasteiger partial charge in [-0.2, -0.15) is 5.10 Å². The fraction of sp³-hybridized carbons (Fsp3) is 0.111. The van der Waals surface area contributed by atoms with Gasteiger partial charge in [0.25, 0.3) is 5.56 Å². The van der Waals surface area contributed by atoms with Gasteiger partial charge in [0.05, 0.1) is 37.2 Å². The topological polar surface area (TPSA) is 99.1 Å². The Morgan fingerprint density at radius 3 is 2.81 bits per heavy atom. The minimum atomic E-state index is -0.575. The van der Waals surface area contributed by atoms with Crippen LogP contribution in [0.25, 0.3) is 27.8 Å². The third-order valence-corrected chi connectivity index (χ3v) is 4.14. The van der Waals surface area contributed by atoms with Gasteiger partial charge in [0.1, 0.15) is 17.0 Å². The average Bonchev–Trinajstić information content (AvgIpc) is 3.06. The summed E-state index contributed by atoms with van der Waals surface area (Å²) in [7, 11) is 2.88. The smallest absolute Gasteiger partial charge is 0.341 e. The molecular weight excluding hydrogens is 336 g/mol. The number of aromatic amines is 1. The Morgan fingerprint density at radius 1 is 1.19 bits per heavy atom. The van der Waals surface area contributed by atoms with E-state index >= 15 is 0 Å². The molecule has 8 nitrogen and oxygen atoms in total. The predicted molar refractivity (Wildman–Crippen MR) is 94.0 cm³/mol. The quantitative estimate of drug-likeness (QED) is 0.568. The van der Waals surface area contributed by atoms with Crippen molar-refractivity contribution in [2.75, 3.05) is 14.2 Å². The fourth-order valence-corrected chi connectivity index (χ4v) is 2.80. The molecule has 130 valence electrons. The molecule has 8 heteroatoms. The number of carbonyl (C=O) groups excluding carboxylic acids is 1. The molecule has 2 aliphatic rings. The lowest BCUT2D eigenvalue weighted by atomic mass is 10.1. The Kier molecular flexibility index (Phi) is 3.65.